The first-order valence-corrected chi connectivity index (χ1v) is 5.37. The summed E-state index contributed by atoms with van der Waals surface area (Å²) < 4.78 is 13.3. The Hall–Kier alpha value is -1.36. The van der Waals surface area contributed by atoms with Crippen LogP contribution in [-0.4, -0.2) is 17.6 Å². The van der Waals surface area contributed by atoms with E-state index in [1.165, 1.54) is 6.07 Å². The number of benzene rings is 1. The quantitative estimate of drug-likeness (QED) is 0.837. The first-order valence-electron chi connectivity index (χ1n) is 4.58. The van der Waals surface area contributed by atoms with Crippen LogP contribution in [0.4, 0.5) is 10.1 Å². The van der Waals surface area contributed by atoms with E-state index in [1.54, 1.807) is 19.1 Å². The predicted octanol–water partition coefficient (Wildman–Crippen LogP) is 3.03. The van der Waals surface area contributed by atoms with Gasteiger partial charge in [0.25, 0.3) is 0 Å². The van der Waals surface area contributed by atoms with Crippen LogP contribution in [0.1, 0.15) is 6.92 Å². The number of nitrogens with one attached hydrogen (secondary N) is 1. The van der Waals surface area contributed by atoms with E-state index >= 15 is 0 Å². The van der Waals surface area contributed by atoms with Gasteiger partial charge in [0.15, 0.2) is 0 Å². The molecule has 0 aliphatic heterocycles. The zero-order chi connectivity index (χ0) is 12.1. The van der Waals surface area contributed by atoms with Gasteiger partial charge in [0, 0.05) is 18.3 Å². The lowest BCUT2D eigenvalue weighted by Crippen LogP contribution is -2.04. The van der Waals surface area contributed by atoms with E-state index in [0.717, 1.165) is 11.8 Å². The number of carboxylic acids is 1. The number of carbonyl (C=O) groups is 1. The third kappa shape index (κ3) is 4.02. The van der Waals surface area contributed by atoms with Crippen molar-refractivity contribution in [2.75, 3.05) is 11.9 Å². The molecule has 0 fully saturated rings. The lowest BCUT2D eigenvalue weighted by Gasteiger charge is -2.06. The number of halogens is 2. The van der Waals surface area contributed by atoms with Gasteiger partial charge in [-0.2, -0.15) is 0 Å². The van der Waals surface area contributed by atoms with Gasteiger partial charge < -0.3 is 10.4 Å². The van der Waals surface area contributed by atoms with Crippen LogP contribution in [0.2, 0.25) is 0 Å². The molecule has 0 bridgehead atoms. The number of hydrogen-bond donors (Lipinski definition) is 2. The highest BCUT2D eigenvalue weighted by atomic mass is 79.9. The van der Waals surface area contributed by atoms with Crippen molar-refractivity contribution in [1.82, 2.24) is 0 Å². The van der Waals surface area contributed by atoms with Gasteiger partial charge in [-0.25, -0.2) is 9.18 Å². The van der Waals surface area contributed by atoms with Crippen LogP contribution in [0.5, 0.6) is 0 Å². The lowest BCUT2D eigenvalue weighted by molar-refractivity contribution is -0.131. The van der Waals surface area contributed by atoms with Gasteiger partial charge in [-0.15, -0.1) is 0 Å². The second kappa shape index (κ2) is 5.65. The minimum absolute atomic E-state index is 0.330. The van der Waals surface area contributed by atoms with E-state index in [-0.39, 0.29) is 5.82 Å². The predicted molar refractivity (Wildman–Crippen MR) is 64.0 cm³/mol. The van der Waals surface area contributed by atoms with Crippen molar-refractivity contribution in [1.29, 1.82) is 0 Å². The molecule has 3 nitrogen and oxygen atoms in total. The fourth-order valence-electron chi connectivity index (χ4n) is 1.11. The molecule has 2 N–H and O–H groups in total. The van der Waals surface area contributed by atoms with Gasteiger partial charge in [-0.05, 0) is 46.6 Å². The average Bonchev–Trinajstić information content (AvgIpc) is 2.19. The Morgan fingerprint density at radius 1 is 1.62 bits per heavy atom. The van der Waals surface area contributed by atoms with Crippen LogP contribution >= 0.6 is 15.9 Å². The summed E-state index contributed by atoms with van der Waals surface area (Å²) in [7, 11) is 0. The van der Waals surface area contributed by atoms with Gasteiger partial charge in [0.05, 0.1) is 4.47 Å². The molecule has 0 aliphatic carbocycles. The molecule has 1 aromatic carbocycles. The molecule has 5 heteroatoms. The lowest BCUT2D eigenvalue weighted by atomic mass is 10.2. The second-order valence-electron chi connectivity index (χ2n) is 3.31. The van der Waals surface area contributed by atoms with E-state index in [4.69, 9.17) is 5.11 Å². The summed E-state index contributed by atoms with van der Waals surface area (Å²) in [5.41, 5.74) is 1.42. The molecule has 0 saturated heterocycles. The van der Waals surface area contributed by atoms with Crippen molar-refractivity contribution in [2.45, 2.75) is 6.92 Å². The Kier molecular flexibility index (Phi) is 4.49. The van der Waals surface area contributed by atoms with Crippen molar-refractivity contribution >= 4 is 27.6 Å². The van der Waals surface area contributed by atoms with Crippen molar-refractivity contribution in [3.05, 3.63) is 40.1 Å². The van der Waals surface area contributed by atoms with Crippen LogP contribution in [0.3, 0.4) is 0 Å². The fourth-order valence-corrected chi connectivity index (χ4v) is 1.49. The standard InChI is InChI=1S/C11H11BrFNO2/c1-7(4-11(15)16)6-14-8-2-3-10(13)9(12)5-8/h2-5,14H,6H2,1H3,(H,15,16)/b7-4-. The summed E-state index contributed by atoms with van der Waals surface area (Å²) in [5, 5.41) is 11.5. The summed E-state index contributed by atoms with van der Waals surface area (Å²) in [6, 6.07) is 4.53. The number of rotatable bonds is 4. The van der Waals surface area contributed by atoms with Crippen molar-refractivity contribution in [3.8, 4) is 0 Å². The summed E-state index contributed by atoms with van der Waals surface area (Å²) in [6.07, 6.45) is 1.13. The van der Waals surface area contributed by atoms with Gasteiger partial charge in [-0.3, -0.25) is 0 Å². The largest absolute Gasteiger partial charge is 0.478 e. The van der Waals surface area contributed by atoms with Crippen molar-refractivity contribution in [3.63, 3.8) is 0 Å². The monoisotopic (exact) mass is 287 g/mol. The van der Waals surface area contributed by atoms with E-state index in [1.807, 2.05) is 0 Å². The number of aliphatic carboxylic acids is 1. The Morgan fingerprint density at radius 3 is 2.88 bits per heavy atom. The summed E-state index contributed by atoms with van der Waals surface area (Å²) in [5.74, 6) is -1.30. The molecule has 0 unspecified atom stereocenters. The number of anilines is 1. The number of hydrogen-bond acceptors (Lipinski definition) is 2. The summed E-state index contributed by atoms with van der Waals surface area (Å²) in [6.45, 7) is 2.12. The smallest absolute Gasteiger partial charge is 0.328 e. The Morgan fingerprint density at radius 2 is 2.31 bits per heavy atom. The highest BCUT2D eigenvalue weighted by Gasteiger charge is 2.00. The van der Waals surface area contributed by atoms with Gasteiger partial charge >= 0.3 is 5.97 Å². The normalized spacial score (nSPS) is 11.3. The molecule has 16 heavy (non-hydrogen) atoms. The molecule has 86 valence electrons. The maximum atomic E-state index is 12.9. The van der Waals surface area contributed by atoms with Crippen LogP contribution in [0, 0.1) is 5.82 Å². The van der Waals surface area contributed by atoms with Crippen LogP contribution in [0.25, 0.3) is 0 Å². The second-order valence-corrected chi connectivity index (χ2v) is 4.17. The first kappa shape index (κ1) is 12.7. The Labute approximate surface area is 101 Å². The SMILES string of the molecule is C/C(=C/C(=O)O)CNc1ccc(F)c(Br)c1. The molecule has 0 saturated carbocycles. The molecule has 0 radical (unpaired) electrons. The molecule has 0 aromatic heterocycles. The van der Waals surface area contributed by atoms with E-state index < -0.39 is 5.97 Å². The first-order chi connectivity index (χ1) is 7.49. The molecule has 0 spiro atoms. The minimum Gasteiger partial charge on any atom is -0.478 e. The average molecular weight is 288 g/mol. The van der Waals surface area contributed by atoms with E-state index in [2.05, 4.69) is 21.2 Å². The van der Waals surface area contributed by atoms with Crippen molar-refractivity contribution < 1.29 is 14.3 Å². The van der Waals surface area contributed by atoms with Crippen LogP contribution in [-0.2, 0) is 4.79 Å². The third-order valence-electron chi connectivity index (χ3n) is 1.86. The molecule has 0 amide bonds. The van der Waals surface area contributed by atoms with Crippen molar-refractivity contribution in [2.24, 2.45) is 0 Å². The molecule has 0 atom stereocenters. The van der Waals surface area contributed by atoms with E-state index in [0.29, 0.717) is 16.6 Å². The van der Waals surface area contributed by atoms with E-state index in [9.17, 15) is 9.18 Å². The maximum Gasteiger partial charge on any atom is 0.328 e. The minimum atomic E-state index is -0.973. The zero-order valence-electron chi connectivity index (χ0n) is 8.63. The molecule has 1 rings (SSSR count). The highest BCUT2D eigenvalue weighted by Crippen LogP contribution is 2.19. The topological polar surface area (TPSA) is 49.3 Å². The summed E-state index contributed by atoms with van der Waals surface area (Å²) in [4.78, 5) is 10.4. The Bertz CT molecular complexity index is 432. The van der Waals surface area contributed by atoms with Gasteiger partial charge in [-0.1, -0.05) is 0 Å². The molecule has 0 heterocycles. The number of carboxylic acid groups (broad SMARTS) is 1. The highest BCUT2D eigenvalue weighted by molar-refractivity contribution is 9.10. The van der Waals surface area contributed by atoms with Gasteiger partial charge in [0.1, 0.15) is 5.82 Å². The molecular formula is C11H11BrFNO2. The van der Waals surface area contributed by atoms with Crippen LogP contribution < -0.4 is 5.32 Å². The Balaban J connectivity index is 2.61. The zero-order valence-corrected chi connectivity index (χ0v) is 10.2. The fraction of sp³-hybridized carbons (Fsp3) is 0.182. The van der Waals surface area contributed by atoms with Crippen LogP contribution in [0.15, 0.2) is 34.3 Å². The third-order valence-corrected chi connectivity index (χ3v) is 2.47. The molecular weight excluding hydrogens is 277 g/mol. The van der Waals surface area contributed by atoms with Gasteiger partial charge in [0.2, 0.25) is 0 Å². The summed E-state index contributed by atoms with van der Waals surface area (Å²) >= 11 is 3.07. The molecule has 0 aliphatic rings. The molecule has 1 aromatic rings. The maximum absolute atomic E-state index is 12.9.